The quantitative estimate of drug-likeness (QED) is 0.868. The maximum absolute atomic E-state index is 13.4. The van der Waals surface area contributed by atoms with Gasteiger partial charge in [0.1, 0.15) is 11.6 Å². The van der Waals surface area contributed by atoms with Crippen molar-refractivity contribution in [2.24, 2.45) is 0 Å². The predicted octanol–water partition coefficient (Wildman–Crippen LogP) is 4.31. The lowest BCUT2D eigenvalue weighted by atomic mass is 10.2. The summed E-state index contributed by atoms with van der Waals surface area (Å²) in [6.07, 6.45) is 0. The third-order valence-corrected chi connectivity index (χ3v) is 3.45. The fourth-order valence-corrected chi connectivity index (χ4v) is 2.17. The molecular weight excluding hydrogens is 352 g/mol. The third kappa shape index (κ3) is 3.55. The predicted molar refractivity (Wildman–Crippen MR) is 76.7 cm³/mol. The number of hydrogen-bond acceptors (Lipinski definition) is 1. The molecule has 0 atom stereocenters. The van der Waals surface area contributed by atoms with E-state index in [0.717, 1.165) is 12.1 Å². The van der Waals surface area contributed by atoms with Crippen molar-refractivity contribution >= 4 is 33.4 Å². The van der Waals surface area contributed by atoms with Crippen molar-refractivity contribution in [1.82, 2.24) is 5.32 Å². The molecule has 2 aromatic rings. The number of carbonyl (C=O) groups is 1. The van der Waals surface area contributed by atoms with Crippen molar-refractivity contribution in [3.63, 3.8) is 0 Å². The number of rotatable bonds is 3. The molecule has 2 rings (SSSR count). The number of carbonyl (C=O) groups excluding carboxylic acids is 1. The zero-order valence-corrected chi connectivity index (χ0v) is 12.4. The minimum absolute atomic E-state index is 0.0478. The molecule has 0 aromatic heterocycles. The van der Waals surface area contributed by atoms with Crippen molar-refractivity contribution in [1.29, 1.82) is 0 Å². The second-order valence-corrected chi connectivity index (χ2v) is 5.37. The number of amides is 1. The van der Waals surface area contributed by atoms with Crippen LogP contribution >= 0.6 is 27.5 Å². The minimum atomic E-state index is -0.703. The zero-order chi connectivity index (χ0) is 14.7. The molecule has 0 saturated heterocycles. The summed E-state index contributed by atoms with van der Waals surface area (Å²) in [5.74, 6) is -1.79. The minimum Gasteiger partial charge on any atom is -0.348 e. The van der Waals surface area contributed by atoms with Crippen LogP contribution in [0.4, 0.5) is 8.78 Å². The van der Waals surface area contributed by atoms with Gasteiger partial charge in [-0.05, 0) is 24.3 Å². The number of benzene rings is 2. The van der Waals surface area contributed by atoms with Crippen LogP contribution in [-0.4, -0.2) is 5.91 Å². The Morgan fingerprint density at radius 2 is 1.95 bits per heavy atom. The molecule has 1 amide bonds. The van der Waals surface area contributed by atoms with E-state index in [1.807, 2.05) is 0 Å². The molecule has 2 nitrogen and oxygen atoms in total. The Balaban J connectivity index is 2.10. The molecule has 0 spiro atoms. The molecule has 0 heterocycles. The summed E-state index contributed by atoms with van der Waals surface area (Å²) >= 11 is 9.16. The lowest BCUT2D eigenvalue weighted by molar-refractivity contribution is 0.0950. The molecule has 0 aliphatic heterocycles. The average Bonchev–Trinajstić information content (AvgIpc) is 2.40. The molecule has 104 valence electrons. The van der Waals surface area contributed by atoms with Gasteiger partial charge in [-0.15, -0.1) is 0 Å². The van der Waals surface area contributed by atoms with Gasteiger partial charge in [0.2, 0.25) is 0 Å². The van der Waals surface area contributed by atoms with Gasteiger partial charge in [0.05, 0.1) is 10.6 Å². The Morgan fingerprint density at radius 1 is 1.20 bits per heavy atom. The van der Waals surface area contributed by atoms with E-state index in [-0.39, 0.29) is 17.7 Å². The molecule has 20 heavy (non-hydrogen) atoms. The smallest absolute Gasteiger partial charge is 0.253 e. The molecule has 0 aliphatic carbocycles. The largest absolute Gasteiger partial charge is 0.348 e. The summed E-state index contributed by atoms with van der Waals surface area (Å²) in [4.78, 5) is 12.0. The van der Waals surface area contributed by atoms with Gasteiger partial charge in [-0.25, -0.2) is 8.78 Å². The highest BCUT2D eigenvalue weighted by Gasteiger charge is 2.12. The summed E-state index contributed by atoms with van der Waals surface area (Å²) in [6, 6.07) is 8.05. The fourth-order valence-electron chi connectivity index (χ4n) is 1.61. The van der Waals surface area contributed by atoms with Gasteiger partial charge in [-0.1, -0.05) is 33.6 Å². The highest BCUT2D eigenvalue weighted by molar-refractivity contribution is 9.10. The van der Waals surface area contributed by atoms with E-state index in [1.54, 1.807) is 18.2 Å². The molecule has 6 heteroatoms. The zero-order valence-electron chi connectivity index (χ0n) is 10.1. The molecule has 0 saturated carbocycles. The Morgan fingerprint density at radius 3 is 2.65 bits per heavy atom. The second kappa shape index (κ2) is 6.33. The van der Waals surface area contributed by atoms with Crippen LogP contribution in [0.5, 0.6) is 0 Å². The molecular formula is C14H9BrClF2NO. The SMILES string of the molecule is O=C(NCc1ccc(F)cc1F)c1cc(Br)ccc1Cl. The topological polar surface area (TPSA) is 29.1 Å². The first kappa shape index (κ1) is 14.9. The van der Waals surface area contributed by atoms with E-state index >= 15 is 0 Å². The molecule has 1 N–H and O–H groups in total. The number of hydrogen-bond donors (Lipinski definition) is 1. The van der Waals surface area contributed by atoms with Crippen LogP contribution in [0.3, 0.4) is 0 Å². The lowest BCUT2D eigenvalue weighted by Gasteiger charge is -2.08. The van der Waals surface area contributed by atoms with Gasteiger partial charge in [-0.3, -0.25) is 4.79 Å². The normalized spacial score (nSPS) is 10.4. The van der Waals surface area contributed by atoms with E-state index in [9.17, 15) is 13.6 Å². The molecule has 0 aliphatic rings. The first-order valence-corrected chi connectivity index (χ1v) is 6.81. The van der Waals surface area contributed by atoms with E-state index in [4.69, 9.17) is 11.6 Å². The highest BCUT2D eigenvalue weighted by Crippen LogP contribution is 2.21. The lowest BCUT2D eigenvalue weighted by Crippen LogP contribution is -2.23. The summed E-state index contributed by atoms with van der Waals surface area (Å²) in [6.45, 7) is -0.0478. The van der Waals surface area contributed by atoms with E-state index < -0.39 is 17.5 Å². The Labute approximate surface area is 127 Å². The van der Waals surface area contributed by atoms with Crippen LogP contribution in [0.2, 0.25) is 5.02 Å². The first-order chi connectivity index (χ1) is 9.47. The van der Waals surface area contributed by atoms with Crippen LogP contribution in [-0.2, 0) is 6.54 Å². The van der Waals surface area contributed by atoms with E-state index in [0.29, 0.717) is 9.50 Å². The van der Waals surface area contributed by atoms with Crippen molar-refractivity contribution in [2.45, 2.75) is 6.54 Å². The van der Waals surface area contributed by atoms with Gasteiger partial charge in [0, 0.05) is 22.6 Å². The highest BCUT2D eigenvalue weighted by atomic mass is 79.9. The maximum Gasteiger partial charge on any atom is 0.253 e. The Hall–Kier alpha value is -1.46. The van der Waals surface area contributed by atoms with Crippen LogP contribution in [0, 0.1) is 11.6 Å². The molecule has 0 radical (unpaired) electrons. The fraction of sp³-hybridized carbons (Fsp3) is 0.0714. The Bertz CT molecular complexity index is 664. The molecule has 0 fully saturated rings. The molecule has 2 aromatic carbocycles. The summed E-state index contributed by atoms with van der Waals surface area (Å²) < 4.78 is 26.9. The van der Waals surface area contributed by atoms with Gasteiger partial charge in [-0.2, -0.15) is 0 Å². The maximum atomic E-state index is 13.4. The van der Waals surface area contributed by atoms with Gasteiger partial charge in [0.15, 0.2) is 0 Å². The summed E-state index contributed by atoms with van der Waals surface area (Å²) in [7, 11) is 0. The molecule has 0 unspecified atom stereocenters. The van der Waals surface area contributed by atoms with Gasteiger partial charge >= 0.3 is 0 Å². The number of nitrogens with one attached hydrogen (secondary N) is 1. The second-order valence-electron chi connectivity index (χ2n) is 4.04. The summed E-state index contributed by atoms with van der Waals surface area (Å²) in [5, 5.41) is 2.83. The first-order valence-electron chi connectivity index (χ1n) is 5.64. The van der Waals surface area contributed by atoms with Crippen molar-refractivity contribution in [2.75, 3.05) is 0 Å². The van der Waals surface area contributed by atoms with Gasteiger partial charge in [0.25, 0.3) is 5.91 Å². The Kier molecular flexibility index (Phi) is 4.73. The number of halogens is 4. The van der Waals surface area contributed by atoms with Crippen molar-refractivity contribution in [3.8, 4) is 0 Å². The van der Waals surface area contributed by atoms with E-state index in [2.05, 4.69) is 21.2 Å². The van der Waals surface area contributed by atoms with Gasteiger partial charge < -0.3 is 5.32 Å². The van der Waals surface area contributed by atoms with Crippen molar-refractivity contribution < 1.29 is 13.6 Å². The van der Waals surface area contributed by atoms with Crippen LogP contribution in [0.15, 0.2) is 40.9 Å². The van der Waals surface area contributed by atoms with Crippen molar-refractivity contribution in [3.05, 3.63) is 68.7 Å². The monoisotopic (exact) mass is 359 g/mol. The molecule has 0 bridgehead atoms. The standard InChI is InChI=1S/C14H9BrClF2NO/c15-9-2-4-12(16)11(5-9)14(20)19-7-8-1-3-10(17)6-13(8)18/h1-6H,7H2,(H,19,20). The third-order valence-electron chi connectivity index (χ3n) is 2.63. The summed E-state index contributed by atoms with van der Waals surface area (Å²) in [5.41, 5.74) is 0.481. The van der Waals surface area contributed by atoms with E-state index in [1.165, 1.54) is 6.07 Å². The van der Waals surface area contributed by atoms with Crippen LogP contribution in [0.25, 0.3) is 0 Å². The van der Waals surface area contributed by atoms with Crippen LogP contribution in [0.1, 0.15) is 15.9 Å². The van der Waals surface area contributed by atoms with Crippen LogP contribution < -0.4 is 5.32 Å². The average molecular weight is 361 g/mol.